The number of pyridine rings is 1. The molecule has 0 aliphatic heterocycles. The molecule has 1 amide bonds. The van der Waals surface area contributed by atoms with Gasteiger partial charge in [-0.3, -0.25) is 14.3 Å². The zero-order chi connectivity index (χ0) is 22.3. The van der Waals surface area contributed by atoms with Gasteiger partial charge in [-0.1, -0.05) is 36.0 Å². The number of para-hydroxylation sites is 1. The Hall–Kier alpha value is -3.39. The summed E-state index contributed by atoms with van der Waals surface area (Å²) in [6.45, 7) is 5.20. The standard InChI is InChI=1S/C24H25N5O2S/c1-17-9-10-20(14-18(17)2)29-16-27-28-24(29)32-15-22(30)25-12-5-13-31-21-8-3-6-19-7-4-11-26-23(19)21/h3-4,6-11,14,16H,5,12-13,15H2,1-2H3,(H,25,30). The highest BCUT2D eigenvalue weighted by molar-refractivity contribution is 7.99. The Bertz CT molecular complexity index is 1220. The predicted molar refractivity (Wildman–Crippen MR) is 126 cm³/mol. The Labute approximate surface area is 191 Å². The highest BCUT2D eigenvalue weighted by Gasteiger charge is 2.11. The summed E-state index contributed by atoms with van der Waals surface area (Å²) in [4.78, 5) is 16.6. The number of rotatable bonds is 9. The minimum Gasteiger partial charge on any atom is -0.491 e. The molecule has 0 spiro atoms. The Morgan fingerprint density at radius 3 is 2.88 bits per heavy atom. The first kappa shape index (κ1) is 21.8. The molecule has 2 aromatic carbocycles. The van der Waals surface area contributed by atoms with Crippen LogP contribution >= 0.6 is 11.8 Å². The number of carbonyl (C=O) groups excluding carboxylic acids is 1. The molecule has 32 heavy (non-hydrogen) atoms. The minimum atomic E-state index is -0.0449. The lowest BCUT2D eigenvalue weighted by atomic mass is 10.1. The van der Waals surface area contributed by atoms with Crippen molar-refractivity contribution >= 4 is 28.6 Å². The number of carbonyl (C=O) groups is 1. The largest absolute Gasteiger partial charge is 0.491 e. The maximum atomic E-state index is 12.3. The summed E-state index contributed by atoms with van der Waals surface area (Å²) in [6.07, 6.45) is 4.14. The van der Waals surface area contributed by atoms with Gasteiger partial charge in [0.05, 0.1) is 12.4 Å². The van der Waals surface area contributed by atoms with Gasteiger partial charge in [-0.15, -0.1) is 10.2 Å². The van der Waals surface area contributed by atoms with E-state index in [9.17, 15) is 4.79 Å². The van der Waals surface area contributed by atoms with Gasteiger partial charge in [0.1, 0.15) is 17.6 Å². The topological polar surface area (TPSA) is 81.9 Å². The third-order valence-electron chi connectivity index (χ3n) is 5.11. The van der Waals surface area contributed by atoms with Gasteiger partial charge < -0.3 is 10.1 Å². The zero-order valence-electron chi connectivity index (χ0n) is 18.1. The second-order valence-electron chi connectivity index (χ2n) is 7.42. The quantitative estimate of drug-likeness (QED) is 0.307. The molecule has 8 heteroatoms. The molecule has 7 nitrogen and oxygen atoms in total. The van der Waals surface area contributed by atoms with E-state index in [-0.39, 0.29) is 11.7 Å². The van der Waals surface area contributed by atoms with Gasteiger partial charge in [0, 0.05) is 23.8 Å². The van der Waals surface area contributed by atoms with Crippen molar-refractivity contribution in [2.75, 3.05) is 18.9 Å². The van der Waals surface area contributed by atoms with Crippen LogP contribution in [0.25, 0.3) is 16.6 Å². The van der Waals surface area contributed by atoms with E-state index in [1.54, 1.807) is 12.5 Å². The normalized spacial score (nSPS) is 10.9. The first-order chi connectivity index (χ1) is 15.6. The molecule has 2 heterocycles. The average molecular weight is 448 g/mol. The lowest BCUT2D eigenvalue weighted by Crippen LogP contribution is -2.27. The molecular weight excluding hydrogens is 422 g/mol. The number of amides is 1. The molecule has 0 atom stereocenters. The van der Waals surface area contributed by atoms with Crippen LogP contribution in [0.2, 0.25) is 0 Å². The maximum Gasteiger partial charge on any atom is 0.230 e. The third-order valence-corrected chi connectivity index (χ3v) is 6.06. The third kappa shape index (κ3) is 5.26. The predicted octanol–water partition coefficient (Wildman–Crippen LogP) is 4.11. The highest BCUT2D eigenvalue weighted by Crippen LogP contribution is 2.23. The van der Waals surface area contributed by atoms with Crippen LogP contribution in [0.4, 0.5) is 0 Å². The zero-order valence-corrected chi connectivity index (χ0v) is 18.9. The summed E-state index contributed by atoms with van der Waals surface area (Å²) < 4.78 is 7.76. The SMILES string of the molecule is Cc1ccc(-n2cnnc2SCC(=O)NCCCOc2cccc3cccnc23)cc1C. The van der Waals surface area contributed by atoms with Crippen molar-refractivity contribution in [2.45, 2.75) is 25.4 Å². The second-order valence-corrected chi connectivity index (χ2v) is 8.37. The summed E-state index contributed by atoms with van der Waals surface area (Å²) >= 11 is 1.37. The first-order valence-electron chi connectivity index (χ1n) is 10.5. The Morgan fingerprint density at radius 2 is 2.00 bits per heavy atom. The van der Waals surface area contributed by atoms with Crippen LogP contribution in [0, 0.1) is 13.8 Å². The number of aromatic nitrogens is 4. The fourth-order valence-electron chi connectivity index (χ4n) is 3.23. The molecular formula is C24H25N5O2S. The van der Waals surface area contributed by atoms with Crippen LogP contribution in [0.3, 0.4) is 0 Å². The number of benzene rings is 2. The number of nitrogens with zero attached hydrogens (tertiary/aromatic N) is 4. The van der Waals surface area contributed by atoms with Crippen LogP contribution in [-0.2, 0) is 4.79 Å². The number of fused-ring (bicyclic) bond motifs is 1. The van der Waals surface area contributed by atoms with Gasteiger partial charge in [0.2, 0.25) is 5.91 Å². The Balaban J connectivity index is 1.22. The van der Waals surface area contributed by atoms with Crippen LogP contribution in [0.15, 0.2) is 66.2 Å². The number of thioether (sulfide) groups is 1. The molecule has 0 radical (unpaired) electrons. The van der Waals surface area contributed by atoms with E-state index in [1.807, 2.05) is 41.0 Å². The number of nitrogens with one attached hydrogen (secondary N) is 1. The molecule has 0 bridgehead atoms. The van der Waals surface area contributed by atoms with Crippen molar-refractivity contribution in [3.8, 4) is 11.4 Å². The molecule has 0 saturated carbocycles. The number of hydrogen-bond donors (Lipinski definition) is 1. The van der Waals surface area contributed by atoms with Crippen molar-refractivity contribution in [1.29, 1.82) is 0 Å². The van der Waals surface area contributed by atoms with Crippen molar-refractivity contribution in [2.24, 2.45) is 0 Å². The van der Waals surface area contributed by atoms with Gasteiger partial charge in [0.15, 0.2) is 5.16 Å². The fraction of sp³-hybridized carbons (Fsp3) is 0.250. The van der Waals surface area contributed by atoms with Gasteiger partial charge >= 0.3 is 0 Å². The van der Waals surface area contributed by atoms with Gasteiger partial charge in [-0.05, 0) is 55.7 Å². The maximum absolute atomic E-state index is 12.3. The van der Waals surface area contributed by atoms with Crippen molar-refractivity contribution in [3.63, 3.8) is 0 Å². The molecule has 0 aliphatic rings. The van der Waals surface area contributed by atoms with Crippen LogP contribution < -0.4 is 10.1 Å². The summed E-state index contributed by atoms with van der Waals surface area (Å²) in [5, 5.41) is 12.8. The minimum absolute atomic E-state index is 0.0449. The van der Waals surface area contributed by atoms with E-state index in [4.69, 9.17) is 4.74 Å². The van der Waals surface area contributed by atoms with Crippen LogP contribution in [-0.4, -0.2) is 44.6 Å². The molecule has 2 aromatic heterocycles. The van der Waals surface area contributed by atoms with E-state index in [0.29, 0.717) is 24.7 Å². The number of aryl methyl sites for hydroxylation is 2. The molecule has 0 unspecified atom stereocenters. The molecule has 4 rings (SSSR count). The number of ether oxygens (including phenoxy) is 1. The summed E-state index contributed by atoms with van der Waals surface area (Å²) in [7, 11) is 0. The van der Waals surface area contributed by atoms with E-state index in [0.717, 1.165) is 22.3 Å². The smallest absolute Gasteiger partial charge is 0.230 e. The first-order valence-corrected chi connectivity index (χ1v) is 11.4. The summed E-state index contributed by atoms with van der Waals surface area (Å²) in [6, 6.07) is 16.0. The number of hydrogen-bond acceptors (Lipinski definition) is 6. The van der Waals surface area contributed by atoms with E-state index >= 15 is 0 Å². The molecule has 1 N–H and O–H groups in total. The second kappa shape index (κ2) is 10.3. The molecule has 0 fully saturated rings. The van der Waals surface area contributed by atoms with E-state index in [2.05, 4.69) is 46.5 Å². The summed E-state index contributed by atoms with van der Waals surface area (Å²) in [5.74, 6) is 0.990. The Morgan fingerprint density at radius 1 is 1.12 bits per heavy atom. The van der Waals surface area contributed by atoms with Gasteiger partial charge in [0.25, 0.3) is 0 Å². The van der Waals surface area contributed by atoms with E-state index in [1.165, 1.54) is 22.9 Å². The van der Waals surface area contributed by atoms with Crippen molar-refractivity contribution < 1.29 is 9.53 Å². The van der Waals surface area contributed by atoms with Gasteiger partial charge in [-0.25, -0.2) is 0 Å². The molecule has 164 valence electrons. The monoisotopic (exact) mass is 447 g/mol. The highest BCUT2D eigenvalue weighted by atomic mass is 32.2. The van der Waals surface area contributed by atoms with Crippen molar-refractivity contribution in [3.05, 3.63) is 72.2 Å². The van der Waals surface area contributed by atoms with Crippen LogP contribution in [0.1, 0.15) is 17.5 Å². The van der Waals surface area contributed by atoms with Gasteiger partial charge in [-0.2, -0.15) is 0 Å². The molecule has 0 aliphatic carbocycles. The summed E-state index contributed by atoms with van der Waals surface area (Å²) in [5.41, 5.74) is 4.27. The lowest BCUT2D eigenvalue weighted by molar-refractivity contribution is -0.118. The lowest BCUT2D eigenvalue weighted by Gasteiger charge is -2.10. The van der Waals surface area contributed by atoms with E-state index < -0.39 is 0 Å². The molecule has 0 saturated heterocycles. The fourth-order valence-corrected chi connectivity index (χ4v) is 3.99. The molecule has 4 aromatic rings. The van der Waals surface area contributed by atoms with Crippen LogP contribution in [0.5, 0.6) is 5.75 Å². The Kier molecular flexibility index (Phi) is 7.01. The van der Waals surface area contributed by atoms with Crippen molar-refractivity contribution in [1.82, 2.24) is 25.1 Å². The average Bonchev–Trinajstić information content (AvgIpc) is 3.28.